The number of nitrogens with one attached hydrogen (secondary N) is 4. The second-order valence-electron chi connectivity index (χ2n) is 7.60. The topological polar surface area (TPSA) is 265 Å². The molecule has 194 valence electrons. The molecule has 1 rings (SSSR count). The Labute approximate surface area is 205 Å². The largest absolute Gasteiger partial charge is 0.480 e. The van der Waals surface area contributed by atoms with E-state index in [-0.39, 0.29) is 37.9 Å². The molecule has 0 aromatic carbocycles. The van der Waals surface area contributed by atoms with Crippen molar-refractivity contribution in [3.63, 3.8) is 0 Å². The van der Waals surface area contributed by atoms with Crippen molar-refractivity contribution in [2.24, 2.45) is 17.2 Å². The number of nitrogens with zero attached hydrogens (tertiary/aromatic N) is 1. The van der Waals surface area contributed by atoms with E-state index in [2.05, 4.69) is 38.5 Å². The number of hydrogen-bond acceptors (Lipinski definition) is 9. The van der Waals surface area contributed by atoms with Crippen LogP contribution in [0.5, 0.6) is 0 Å². The molecule has 0 radical (unpaired) electrons. The molecule has 0 aliphatic rings. The molecule has 0 saturated heterocycles. The highest BCUT2D eigenvalue weighted by Gasteiger charge is 2.30. The number of aliphatic carboxylic acids is 1. The Kier molecular flexibility index (Phi) is 12.2. The molecule has 0 spiro atoms. The standard InChI is InChI=1S/C19H30N8O7S/c20-10(5-9-6-23-8-24-9)16(30)25-11(1-3-14(21)28)17(31)27-13(7-35)18(32)26-12(19(33)34)2-4-15(22)29/h6,8,10-13,35H,1-5,7,20H2,(H2,21,28)(H2,22,29)(H,23,24)(H,25,30)(H,26,32)(H,27,31)(H,33,34). The second kappa shape index (κ2) is 14.6. The number of rotatable bonds is 16. The number of primary amides is 2. The Morgan fingerprint density at radius 1 is 0.914 bits per heavy atom. The number of nitrogens with two attached hydrogens (primary N) is 3. The lowest BCUT2D eigenvalue weighted by Crippen LogP contribution is -2.58. The summed E-state index contributed by atoms with van der Waals surface area (Å²) in [6.45, 7) is 0. The second-order valence-corrected chi connectivity index (χ2v) is 7.97. The highest BCUT2D eigenvalue weighted by molar-refractivity contribution is 7.80. The molecule has 5 amide bonds. The maximum atomic E-state index is 12.8. The van der Waals surface area contributed by atoms with E-state index in [1.165, 1.54) is 12.5 Å². The average molecular weight is 515 g/mol. The molecular formula is C19H30N8O7S. The molecule has 1 aromatic heterocycles. The van der Waals surface area contributed by atoms with Gasteiger partial charge < -0.3 is 43.2 Å². The summed E-state index contributed by atoms with van der Waals surface area (Å²) in [5.74, 6) is -5.53. The smallest absolute Gasteiger partial charge is 0.326 e. The number of aromatic nitrogens is 2. The Bertz CT molecular complexity index is 911. The quantitative estimate of drug-likeness (QED) is 0.0980. The minimum Gasteiger partial charge on any atom is -0.480 e. The van der Waals surface area contributed by atoms with E-state index in [1.807, 2.05) is 0 Å². The first-order valence-corrected chi connectivity index (χ1v) is 11.1. The maximum Gasteiger partial charge on any atom is 0.326 e. The number of hydrogen-bond donors (Lipinski definition) is 9. The van der Waals surface area contributed by atoms with Crippen LogP contribution in [0.3, 0.4) is 0 Å². The Morgan fingerprint density at radius 3 is 1.91 bits per heavy atom. The van der Waals surface area contributed by atoms with Crippen molar-refractivity contribution in [3.8, 4) is 0 Å². The van der Waals surface area contributed by atoms with Crippen LogP contribution in [0.2, 0.25) is 0 Å². The van der Waals surface area contributed by atoms with Gasteiger partial charge in [-0.3, -0.25) is 24.0 Å². The molecule has 11 N–H and O–H groups in total. The van der Waals surface area contributed by atoms with Crippen LogP contribution >= 0.6 is 12.6 Å². The first kappa shape index (κ1) is 29.4. The summed E-state index contributed by atoms with van der Waals surface area (Å²) in [5.41, 5.74) is 16.6. The van der Waals surface area contributed by atoms with Crippen molar-refractivity contribution in [3.05, 3.63) is 18.2 Å². The monoisotopic (exact) mass is 514 g/mol. The first-order chi connectivity index (χ1) is 16.4. The van der Waals surface area contributed by atoms with Gasteiger partial charge >= 0.3 is 5.97 Å². The van der Waals surface area contributed by atoms with Crippen LogP contribution in [0.25, 0.3) is 0 Å². The summed E-state index contributed by atoms with van der Waals surface area (Å²) < 4.78 is 0. The Balaban J connectivity index is 2.85. The summed E-state index contributed by atoms with van der Waals surface area (Å²) >= 11 is 4.01. The van der Waals surface area contributed by atoms with Crippen molar-refractivity contribution in [2.75, 3.05) is 5.75 Å². The summed E-state index contributed by atoms with van der Waals surface area (Å²) in [4.78, 5) is 77.9. The fraction of sp³-hybridized carbons (Fsp3) is 0.526. The molecule has 4 unspecified atom stereocenters. The van der Waals surface area contributed by atoms with Gasteiger partial charge in [-0.1, -0.05) is 0 Å². The van der Waals surface area contributed by atoms with E-state index in [0.29, 0.717) is 5.69 Å². The van der Waals surface area contributed by atoms with Gasteiger partial charge in [0, 0.05) is 36.9 Å². The van der Waals surface area contributed by atoms with Crippen LogP contribution in [0.4, 0.5) is 0 Å². The summed E-state index contributed by atoms with van der Waals surface area (Å²) in [6.07, 6.45) is 2.02. The molecule has 0 fully saturated rings. The number of H-pyrrole nitrogens is 1. The van der Waals surface area contributed by atoms with Crippen LogP contribution in [0.15, 0.2) is 12.5 Å². The normalized spacial score (nSPS) is 14.1. The number of aromatic amines is 1. The SMILES string of the molecule is NC(=O)CCC(NC(=O)C(CS)NC(=O)C(CCC(N)=O)NC(=O)C(N)Cc1cnc[nH]1)C(=O)O. The number of imidazole rings is 1. The predicted octanol–water partition coefficient (Wildman–Crippen LogP) is -3.72. The molecule has 35 heavy (non-hydrogen) atoms. The van der Waals surface area contributed by atoms with Crippen LogP contribution in [0.1, 0.15) is 31.4 Å². The zero-order valence-electron chi connectivity index (χ0n) is 18.7. The van der Waals surface area contributed by atoms with Gasteiger partial charge in [-0.05, 0) is 12.8 Å². The molecule has 0 aliphatic heterocycles. The van der Waals surface area contributed by atoms with Gasteiger partial charge in [0.05, 0.1) is 12.4 Å². The van der Waals surface area contributed by atoms with Crippen LogP contribution in [0, 0.1) is 0 Å². The van der Waals surface area contributed by atoms with Gasteiger partial charge in [0.15, 0.2) is 0 Å². The number of carbonyl (C=O) groups excluding carboxylic acids is 5. The third-order valence-corrected chi connectivity index (χ3v) is 5.12. The van der Waals surface area contributed by atoms with E-state index < -0.39 is 59.7 Å². The third kappa shape index (κ3) is 10.9. The molecule has 1 aromatic rings. The van der Waals surface area contributed by atoms with E-state index in [1.54, 1.807) is 0 Å². The molecule has 0 bridgehead atoms. The minimum atomic E-state index is -1.43. The van der Waals surface area contributed by atoms with Crippen molar-refractivity contribution < 1.29 is 33.9 Å². The van der Waals surface area contributed by atoms with Gasteiger partial charge in [0.2, 0.25) is 29.5 Å². The van der Waals surface area contributed by atoms with Crippen molar-refractivity contribution in [2.45, 2.75) is 56.3 Å². The summed E-state index contributed by atoms with van der Waals surface area (Å²) in [5, 5.41) is 16.2. The van der Waals surface area contributed by atoms with Gasteiger partial charge in [0.1, 0.15) is 18.1 Å². The maximum absolute atomic E-state index is 12.8. The number of carbonyl (C=O) groups is 6. The van der Waals surface area contributed by atoms with Crippen LogP contribution in [-0.2, 0) is 35.2 Å². The lowest BCUT2D eigenvalue weighted by atomic mass is 10.1. The highest BCUT2D eigenvalue weighted by Crippen LogP contribution is 2.04. The Hall–Kier alpha value is -3.66. The van der Waals surface area contributed by atoms with Crippen LogP contribution < -0.4 is 33.2 Å². The number of thiol groups is 1. The highest BCUT2D eigenvalue weighted by atomic mass is 32.1. The molecule has 1 heterocycles. The lowest BCUT2D eigenvalue weighted by Gasteiger charge is -2.24. The van der Waals surface area contributed by atoms with E-state index in [4.69, 9.17) is 17.2 Å². The van der Waals surface area contributed by atoms with Gasteiger partial charge in [-0.15, -0.1) is 0 Å². The van der Waals surface area contributed by atoms with Gasteiger partial charge in [0.25, 0.3) is 0 Å². The molecule has 15 nitrogen and oxygen atoms in total. The van der Waals surface area contributed by atoms with E-state index in [9.17, 15) is 33.9 Å². The van der Waals surface area contributed by atoms with Crippen molar-refractivity contribution in [1.82, 2.24) is 25.9 Å². The number of carboxylic acid groups (broad SMARTS) is 1. The van der Waals surface area contributed by atoms with Crippen molar-refractivity contribution >= 4 is 48.1 Å². The fourth-order valence-corrected chi connectivity index (χ4v) is 3.10. The summed E-state index contributed by atoms with van der Waals surface area (Å²) in [6, 6.07) is -5.05. The molecule has 4 atom stereocenters. The lowest BCUT2D eigenvalue weighted by molar-refractivity contribution is -0.142. The van der Waals surface area contributed by atoms with Gasteiger partial charge in [-0.2, -0.15) is 12.6 Å². The zero-order chi connectivity index (χ0) is 26.5. The first-order valence-electron chi connectivity index (χ1n) is 10.5. The van der Waals surface area contributed by atoms with E-state index in [0.717, 1.165) is 0 Å². The summed E-state index contributed by atoms with van der Waals surface area (Å²) in [7, 11) is 0. The average Bonchev–Trinajstić information content (AvgIpc) is 3.29. The zero-order valence-corrected chi connectivity index (χ0v) is 19.6. The van der Waals surface area contributed by atoms with Crippen LogP contribution in [-0.4, -0.2) is 80.5 Å². The number of carboxylic acids is 1. The number of amides is 5. The molecular weight excluding hydrogens is 484 g/mol. The predicted molar refractivity (Wildman–Crippen MR) is 124 cm³/mol. The Morgan fingerprint density at radius 2 is 1.43 bits per heavy atom. The molecule has 0 saturated carbocycles. The molecule has 0 aliphatic carbocycles. The third-order valence-electron chi connectivity index (χ3n) is 4.75. The van der Waals surface area contributed by atoms with E-state index >= 15 is 0 Å². The minimum absolute atomic E-state index is 0.0968. The molecule has 16 heteroatoms. The van der Waals surface area contributed by atoms with Gasteiger partial charge in [-0.25, -0.2) is 9.78 Å². The van der Waals surface area contributed by atoms with Crippen molar-refractivity contribution in [1.29, 1.82) is 0 Å². The fourth-order valence-electron chi connectivity index (χ4n) is 2.84.